The number of allylic oxidation sites excluding steroid dienone is 4. The number of esters is 3. The molecule has 0 amide bonds. The van der Waals surface area contributed by atoms with Crippen LogP contribution in [0.15, 0.2) is 24.3 Å². The molecule has 0 aromatic carbocycles. The Bertz CT molecular complexity index is 826. The molecule has 0 atom stereocenters. The van der Waals surface area contributed by atoms with Crippen molar-refractivity contribution < 1.29 is 40.7 Å². The van der Waals surface area contributed by atoms with Crippen molar-refractivity contribution in [3.05, 3.63) is 24.3 Å². The van der Waals surface area contributed by atoms with Gasteiger partial charge in [0.25, 0.3) is 0 Å². The predicted octanol–water partition coefficient (Wildman–Crippen LogP) is 8.75. The van der Waals surface area contributed by atoms with Gasteiger partial charge in [-0.1, -0.05) is 141 Å². The van der Waals surface area contributed by atoms with Crippen LogP contribution in [0.3, 0.4) is 0 Å². The summed E-state index contributed by atoms with van der Waals surface area (Å²) < 4.78 is 10.8. The quantitative estimate of drug-likeness (QED) is 0.0216. The summed E-state index contributed by atoms with van der Waals surface area (Å²) in [6, 6.07) is 0. The average molecular weight is 713 g/mol. The number of hydrogen-bond donors (Lipinski definition) is 0. The summed E-state index contributed by atoms with van der Waals surface area (Å²) in [4.78, 5) is 36.6. The number of rotatable bonds is 35. The van der Waals surface area contributed by atoms with Gasteiger partial charge in [0.2, 0.25) is 0 Å². The highest BCUT2D eigenvalue weighted by atomic mass is 35.5. The van der Waals surface area contributed by atoms with Crippen molar-refractivity contribution >= 4 is 17.9 Å². The molecule has 0 aliphatic carbocycles. The fourth-order valence-corrected chi connectivity index (χ4v) is 5.80. The van der Waals surface area contributed by atoms with Gasteiger partial charge in [0.05, 0.1) is 14.1 Å². The van der Waals surface area contributed by atoms with E-state index in [1.165, 1.54) is 116 Å². The molecule has 0 saturated heterocycles. The minimum Gasteiger partial charge on any atom is -1.00 e. The summed E-state index contributed by atoms with van der Waals surface area (Å²) in [5.74, 6) is -1.13. The molecule has 0 bridgehead atoms. The maximum absolute atomic E-state index is 12.3. The zero-order valence-corrected chi connectivity index (χ0v) is 33.4. The van der Waals surface area contributed by atoms with Gasteiger partial charge in [-0.15, -0.1) is 0 Å². The van der Waals surface area contributed by atoms with Gasteiger partial charge in [-0.3, -0.25) is 9.59 Å². The van der Waals surface area contributed by atoms with E-state index in [2.05, 4.69) is 38.2 Å². The number of halogens is 1. The van der Waals surface area contributed by atoms with Crippen molar-refractivity contribution in [3.8, 4) is 0 Å². The molecular formula is C42H78ClNO5. The van der Waals surface area contributed by atoms with E-state index in [-0.39, 0.29) is 37.9 Å². The first kappa shape index (κ1) is 49.5. The molecule has 0 spiro atoms. The number of unbranched alkanes of at least 4 members (excludes halogenated alkanes) is 22. The number of quaternary nitrogens is 1. The molecule has 6 nitrogen and oxygen atoms in total. The average Bonchev–Trinajstić information content (AvgIpc) is 3.04. The highest BCUT2D eigenvalue weighted by molar-refractivity contribution is 5.85. The van der Waals surface area contributed by atoms with Crippen LogP contribution in [-0.2, 0) is 23.9 Å². The smallest absolute Gasteiger partial charge is 0.369 e. The zero-order valence-electron chi connectivity index (χ0n) is 32.6. The summed E-state index contributed by atoms with van der Waals surface area (Å²) >= 11 is 0. The Kier molecular flexibility index (Phi) is 37.9. The van der Waals surface area contributed by atoms with Crippen molar-refractivity contribution in [1.29, 1.82) is 0 Å². The van der Waals surface area contributed by atoms with Gasteiger partial charge in [-0.25, -0.2) is 4.79 Å². The lowest BCUT2D eigenvalue weighted by atomic mass is 10.1. The maximum Gasteiger partial charge on any atom is 0.369 e. The molecular weight excluding hydrogens is 634 g/mol. The van der Waals surface area contributed by atoms with Crippen LogP contribution < -0.4 is 12.4 Å². The topological polar surface area (TPSA) is 69.7 Å². The second kappa shape index (κ2) is 37.6. The van der Waals surface area contributed by atoms with Crippen LogP contribution in [0.4, 0.5) is 0 Å². The lowest BCUT2D eigenvalue weighted by Gasteiger charge is -2.27. The number of nitrogens with zero attached hydrogens (tertiary/aromatic N) is 1. The third kappa shape index (κ3) is 39.0. The Hall–Kier alpha value is -1.66. The Morgan fingerprint density at radius 1 is 0.469 bits per heavy atom. The van der Waals surface area contributed by atoms with E-state index in [4.69, 9.17) is 9.47 Å². The van der Waals surface area contributed by atoms with E-state index in [9.17, 15) is 14.4 Å². The highest BCUT2D eigenvalue weighted by Gasteiger charge is 2.23. The first-order valence-electron chi connectivity index (χ1n) is 20.3. The van der Waals surface area contributed by atoms with Gasteiger partial charge in [-0.2, -0.15) is 0 Å². The van der Waals surface area contributed by atoms with E-state index in [1.807, 2.05) is 14.1 Å². The largest absolute Gasteiger partial charge is 1.00 e. The number of carbonyl (C=O) groups excluding carboxylic acids is 3. The number of hydrogen-bond acceptors (Lipinski definition) is 5. The molecule has 0 aromatic rings. The zero-order chi connectivity index (χ0) is 35.4. The summed E-state index contributed by atoms with van der Waals surface area (Å²) in [7, 11) is 3.76. The van der Waals surface area contributed by atoms with Crippen LogP contribution in [-0.4, -0.2) is 56.2 Å². The Balaban J connectivity index is 0. The molecule has 0 radical (unpaired) electrons. The highest BCUT2D eigenvalue weighted by Crippen LogP contribution is 2.12. The van der Waals surface area contributed by atoms with Gasteiger partial charge >= 0.3 is 17.9 Å². The Morgan fingerprint density at radius 2 is 0.816 bits per heavy atom. The van der Waals surface area contributed by atoms with Gasteiger partial charge < -0.3 is 26.4 Å². The Labute approximate surface area is 309 Å². The number of carbonyl (C=O) groups is 3. The summed E-state index contributed by atoms with van der Waals surface area (Å²) in [6.07, 6.45) is 41.7. The summed E-state index contributed by atoms with van der Waals surface area (Å²) in [5.41, 5.74) is 0. The lowest BCUT2D eigenvalue weighted by Crippen LogP contribution is -3.00. The molecule has 0 heterocycles. The van der Waals surface area contributed by atoms with Crippen molar-refractivity contribution in [2.45, 2.75) is 194 Å². The minimum absolute atomic E-state index is 0. The van der Waals surface area contributed by atoms with Crippen molar-refractivity contribution in [3.63, 3.8) is 0 Å². The second-order valence-electron chi connectivity index (χ2n) is 14.6. The fourth-order valence-electron chi connectivity index (χ4n) is 5.80. The van der Waals surface area contributed by atoms with E-state index < -0.39 is 11.9 Å². The van der Waals surface area contributed by atoms with Gasteiger partial charge in [0.1, 0.15) is 13.2 Å². The van der Waals surface area contributed by atoms with Crippen LogP contribution in [0.5, 0.6) is 0 Å². The summed E-state index contributed by atoms with van der Waals surface area (Å²) in [6.45, 7) is 5.34. The van der Waals surface area contributed by atoms with Crippen LogP contribution in [0.2, 0.25) is 0 Å². The van der Waals surface area contributed by atoms with E-state index >= 15 is 0 Å². The van der Waals surface area contributed by atoms with Crippen molar-refractivity contribution in [1.82, 2.24) is 0 Å². The normalized spacial score (nSPS) is 11.7. The van der Waals surface area contributed by atoms with Crippen molar-refractivity contribution in [2.75, 3.05) is 33.8 Å². The van der Waals surface area contributed by atoms with Gasteiger partial charge in [-0.05, 0) is 64.2 Å². The summed E-state index contributed by atoms with van der Waals surface area (Å²) in [5, 5.41) is 0. The first-order chi connectivity index (χ1) is 23.3. The van der Waals surface area contributed by atoms with E-state index in [0.717, 1.165) is 51.4 Å². The van der Waals surface area contributed by atoms with E-state index in [1.54, 1.807) is 0 Å². The molecule has 0 aromatic heterocycles. The maximum atomic E-state index is 12.3. The Morgan fingerprint density at radius 3 is 1.22 bits per heavy atom. The van der Waals surface area contributed by atoms with Crippen LogP contribution >= 0.6 is 0 Å². The molecule has 0 rings (SSSR count). The van der Waals surface area contributed by atoms with Gasteiger partial charge in [0, 0.05) is 12.8 Å². The second-order valence-corrected chi connectivity index (χ2v) is 14.6. The predicted molar refractivity (Wildman–Crippen MR) is 203 cm³/mol. The van der Waals surface area contributed by atoms with Crippen molar-refractivity contribution in [2.24, 2.45) is 0 Å². The molecule has 7 heteroatoms. The molecule has 288 valence electrons. The third-order valence-electron chi connectivity index (χ3n) is 9.03. The van der Waals surface area contributed by atoms with Gasteiger partial charge in [0.15, 0.2) is 6.54 Å². The monoisotopic (exact) mass is 712 g/mol. The molecule has 0 N–H and O–H groups in total. The van der Waals surface area contributed by atoms with Crippen LogP contribution in [0.1, 0.15) is 194 Å². The van der Waals surface area contributed by atoms with Crippen LogP contribution in [0.25, 0.3) is 0 Å². The SMILES string of the molecule is CCCCCCCCC=CCCCCCCCC(=O)OCC[N+](C)(C)CC(=O)OC(=O)CCCCCCCC=CCCCCCCCC.[Cl-]. The van der Waals surface area contributed by atoms with E-state index in [0.29, 0.717) is 17.4 Å². The first-order valence-corrected chi connectivity index (χ1v) is 20.3. The number of ether oxygens (including phenoxy) is 2. The molecule has 0 fully saturated rings. The number of likely N-dealkylation sites (N-methyl/N-ethyl adjacent to an activating group) is 1. The molecule has 49 heavy (non-hydrogen) atoms. The fraction of sp³-hybridized carbons (Fsp3) is 0.833. The standard InChI is InChI=1S/C42H78NO5.ClH/c1-5-7-9-11-13-15-17-19-21-23-25-27-29-31-33-35-40(44)47-38-37-43(3,4)39-42(46)48-41(45)36-34-32-30-28-26-24-22-20-18-16-14-12-10-8-6-2;/h19-22H,5-18,23-39H2,1-4H3;1H/q+1;/p-1. The third-order valence-corrected chi connectivity index (χ3v) is 9.03. The minimum atomic E-state index is -0.516. The molecule has 0 saturated carbocycles. The lowest BCUT2D eigenvalue weighted by molar-refractivity contribution is -0.883. The molecule has 0 aliphatic heterocycles. The molecule has 0 aliphatic rings. The molecule has 0 unspecified atom stereocenters. The van der Waals surface area contributed by atoms with Crippen LogP contribution in [0, 0.1) is 0 Å².